The van der Waals surface area contributed by atoms with E-state index in [1.807, 2.05) is 0 Å². The molecule has 0 saturated heterocycles. The molecule has 0 aliphatic heterocycles. The fourth-order valence-corrected chi connectivity index (χ4v) is 3.09. The van der Waals surface area contributed by atoms with Crippen LogP contribution in [0.5, 0.6) is 0 Å². The van der Waals surface area contributed by atoms with E-state index in [1.165, 1.54) is 16.7 Å². The lowest BCUT2D eigenvalue weighted by Crippen LogP contribution is -2.16. The summed E-state index contributed by atoms with van der Waals surface area (Å²) >= 11 is 0. The molecule has 1 aromatic rings. The summed E-state index contributed by atoms with van der Waals surface area (Å²) < 4.78 is 0. The third-order valence-corrected chi connectivity index (χ3v) is 3.42. The summed E-state index contributed by atoms with van der Waals surface area (Å²) in [4.78, 5) is 0. The number of rotatable bonds is 2. The van der Waals surface area contributed by atoms with Gasteiger partial charge in [-0.3, -0.25) is 0 Å². The molecule has 0 amide bonds. The van der Waals surface area contributed by atoms with Gasteiger partial charge < -0.3 is 0 Å². The molecule has 0 nitrogen and oxygen atoms in total. The highest BCUT2D eigenvalue weighted by molar-refractivity contribution is 6.81. The second kappa shape index (κ2) is 4.14. The van der Waals surface area contributed by atoms with Gasteiger partial charge in [-0.25, -0.2) is 0 Å². The molecule has 0 bridgehead atoms. The van der Waals surface area contributed by atoms with E-state index in [-0.39, 0.29) is 0 Å². The first kappa shape index (κ1) is 11.3. The molecule has 0 saturated carbocycles. The molecule has 0 aromatic heterocycles. The van der Waals surface area contributed by atoms with Crippen molar-refractivity contribution in [2.75, 3.05) is 0 Å². The first-order valence-corrected chi connectivity index (χ1v) is 8.73. The van der Waals surface area contributed by atoms with Crippen molar-refractivity contribution < 1.29 is 0 Å². The van der Waals surface area contributed by atoms with E-state index in [1.54, 1.807) is 0 Å². The van der Waals surface area contributed by atoms with Gasteiger partial charge in [0.2, 0.25) is 0 Å². The second-order valence-electron chi connectivity index (χ2n) is 5.06. The molecule has 76 valence electrons. The Kier molecular flexibility index (Phi) is 3.32. The van der Waals surface area contributed by atoms with E-state index in [4.69, 9.17) is 0 Å². The van der Waals surface area contributed by atoms with Gasteiger partial charge in [0, 0.05) is 0 Å². The third kappa shape index (κ3) is 3.50. The van der Waals surface area contributed by atoms with Crippen molar-refractivity contribution in [2.24, 2.45) is 0 Å². The number of hydrogen-bond acceptors (Lipinski definition) is 0. The van der Waals surface area contributed by atoms with Crippen LogP contribution in [0.3, 0.4) is 0 Å². The lowest BCUT2D eigenvalue weighted by Gasteiger charge is -2.12. The van der Waals surface area contributed by atoms with Crippen LogP contribution in [0.25, 0.3) is 5.57 Å². The molecular weight excluding hydrogens is 184 g/mol. The molecule has 1 aromatic carbocycles. The maximum Gasteiger partial charge on any atom is 0.0690 e. The van der Waals surface area contributed by atoms with Crippen LogP contribution in [0.15, 0.2) is 30.0 Å². The minimum absolute atomic E-state index is 1.08. The molecule has 0 spiro atoms. The largest absolute Gasteiger partial charge is 0.0916 e. The molecular formula is C13H20Si. The van der Waals surface area contributed by atoms with Gasteiger partial charge in [-0.15, -0.1) is 0 Å². The molecule has 0 aliphatic rings. The highest BCUT2D eigenvalue weighted by Crippen LogP contribution is 2.18. The first-order valence-electron chi connectivity index (χ1n) is 5.15. The van der Waals surface area contributed by atoms with Crippen molar-refractivity contribution in [2.45, 2.75) is 33.5 Å². The van der Waals surface area contributed by atoms with Gasteiger partial charge in [0.05, 0.1) is 8.07 Å². The van der Waals surface area contributed by atoms with Crippen LogP contribution in [-0.4, -0.2) is 8.07 Å². The Hall–Kier alpha value is -0.823. The average molecular weight is 204 g/mol. The lowest BCUT2D eigenvalue weighted by atomic mass is 10.1. The van der Waals surface area contributed by atoms with Crippen molar-refractivity contribution in [3.05, 3.63) is 41.1 Å². The molecule has 0 atom stereocenters. The third-order valence-electron chi connectivity index (χ3n) is 2.12. The summed E-state index contributed by atoms with van der Waals surface area (Å²) in [5, 5.41) is 0. The molecule has 0 aliphatic carbocycles. The minimum atomic E-state index is -1.08. The van der Waals surface area contributed by atoms with Gasteiger partial charge in [0.1, 0.15) is 0 Å². The Bertz CT molecular complexity index is 342. The fourth-order valence-electron chi connectivity index (χ4n) is 1.62. The van der Waals surface area contributed by atoms with E-state index >= 15 is 0 Å². The Morgan fingerprint density at radius 3 is 2.36 bits per heavy atom. The fraction of sp³-hybridized carbons (Fsp3) is 0.385. The standard InChI is InChI=1S/C13H20Si/c1-11-7-6-8-13(9-11)12(2)10-14(3,4)5/h6-10H,1-5H3. The first-order chi connectivity index (χ1) is 6.38. The summed E-state index contributed by atoms with van der Waals surface area (Å²) in [6.45, 7) is 11.5. The zero-order valence-corrected chi connectivity index (χ0v) is 10.9. The maximum absolute atomic E-state index is 2.46. The monoisotopic (exact) mass is 204 g/mol. The van der Waals surface area contributed by atoms with Crippen LogP contribution in [-0.2, 0) is 0 Å². The molecule has 14 heavy (non-hydrogen) atoms. The summed E-state index contributed by atoms with van der Waals surface area (Å²) in [7, 11) is -1.08. The Morgan fingerprint density at radius 1 is 1.21 bits per heavy atom. The van der Waals surface area contributed by atoms with Crippen molar-refractivity contribution in [1.29, 1.82) is 0 Å². The van der Waals surface area contributed by atoms with Gasteiger partial charge in [-0.05, 0) is 19.4 Å². The van der Waals surface area contributed by atoms with Gasteiger partial charge in [-0.2, -0.15) is 0 Å². The van der Waals surface area contributed by atoms with E-state index in [0.29, 0.717) is 0 Å². The summed E-state index contributed by atoms with van der Waals surface area (Å²) in [6, 6.07) is 8.72. The van der Waals surface area contributed by atoms with Crippen LogP contribution < -0.4 is 0 Å². The number of benzene rings is 1. The van der Waals surface area contributed by atoms with Crippen LogP contribution in [0.1, 0.15) is 18.1 Å². The quantitative estimate of drug-likeness (QED) is 0.631. The smallest absolute Gasteiger partial charge is 0.0690 e. The summed E-state index contributed by atoms with van der Waals surface area (Å²) in [6.07, 6.45) is 0. The highest BCUT2D eigenvalue weighted by Gasteiger charge is 2.09. The zero-order valence-electron chi connectivity index (χ0n) is 9.89. The van der Waals surface area contributed by atoms with Crippen molar-refractivity contribution in [1.82, 2.24) is 0 Å². The number of hydrogen-bond donors (Lipinski definition) is 0. The summed E-state index contributed by atoms with van der Waals surface area (Å²) in [5.41, 5.74) is 6.59. The van der Waals surface area contributed by atoms with Crippen molar-refractivity contribution >= 4 is 13.6 Å². The van der Waals surface area contributed by atoms with Gasteiger partial charge in [0.15, 0.2) is 0 Å². The minimum Gasteiger partial charge on any atom is -0.0916 e. The average Bonchev–Trinajstić information content (AvgIpc) is 2.01. The van der Waals surface area contributed by atoms with Crippen LogP contribution in [0.2, 0.25) is 19.6 Å². The van der Waals surface area contributed by atoms with Gasteiger partial charge in [-0.1, -0.05) is 60.7 Å². The Morgan fingerprint density at radius 2 is 1.86 bits per heavy atom. The number of allylic oxidation sites excluding steroid dienone is 1. The van der Waals surface area contributed by atoms with E-state index in [9.17, 15) is 0 Å². The normalized spacial score (nSPS) is 13.1. The van der Waals surface area contributed by atoms with Crippen molar-refractivity contribution in [3.8, 4) is 0 Å². The Labute approximate surface area is 88.7 Å². The van der Waals surface area contributed by atoms with Gasteiger partial charge >= 0.3 is 0 Å². The van der Waals surface area contributed by atoms with Gasteiger partial charge in [0.25, 0.3) is 0 Å². The number of aryl methyl sites for hydroxylation is 1. The molecule has 1 rings (SSSR count). The molecule has 0 N–H and O–H groups in total. The SMILES string of the molecule is CC(=C[Si](C)(C)C)c1cccc(C)c1. The van der Waals surface area contributed by atoms with E-state index < -0.39 is 8.07 Å². The van der Waals surface area contributed by atoms with Crippen LogP contribution in [0.4, 0.5) is 0 Å². The predicted octanol–water partition coefficient (Wildman–Crippen LogP) is 4.28. The van der Waals surface area contributed by atoms with Crippen LogP contribution in [0, 0.1) is 6.92 Å². The Balaban J connectivity index is 3.01. The van der Waals surface area contributed by atoms with E-state index in [0.717, 1.165) is 0 Å². The van der Waals surface area contributed by atoms with Crippen molar-refractivity contribution in [3.63, 3.8) is 0 Å². The molecule has 1 heteroatoms. The van der Waals surface area contributed by atoms with Crippen LogP contribution >= 0.6 is 0 Å². The van der Waals surface area contributed by atoms with E-state index in [2.05, 4.69) is 63.5 Å². The molecule has 0 unspecified atom stereocenters. The molecule has 0 fully saturated rings. The highest BCUT2D eigenvalue weighted by atomic mass is 28.3. The lowest BCUT2D eigenvalue weighted by molar-refractivity contribution is 1.44. The summed E-state index contributed by atoms with van der Waals surface area (Å²) in [5.74, 6) is 0. The topological polar surface area (TPSA) is 0 Å². The zero-order chi connectivity index (χ0) is 10.8. The maximum atomic E-state index is 2.46. The predicted molar refractivity (Wildman–Crippen MR) is 68.2 cm³/mol. The second-order valence-corrected chi connectivity index (χ2v) is 10.1. The molecule has 0 radical (unpaired) electrons. The molecule has 0 heterocycles.